The molecule has 0 radical (unpaired) electrons. The number of fused-ring (bicyclic) bond motifs is 1. The zero-order valence-electron chi connectivity index (χ0n) is 12.3. The van der Waals surface area contributed by atoms with Crippen LogP contribution in [0, 0.1) is 5.92 Å². The molecule has 0 saturated carbocycles. The third kappa shape index (κ3) is 2.85. The Hall–Kier alpha value is -0.860. The van der Waals surface area contributed by atoms with E-state index < -0.39 is 0 Å². The van der Waals surface area contributed by atoms with Crippen molar-refractivity contribution in [3.05, 3.63) is 35.4 Å². The molecular formula is C17H26N2. The van der Waals surface area contributed by atoms with Crippen LogP contribution in [0.1, 0.15) is 37.8 Å². The smallest absolute Gasteiger partial charge is 0.0237 e. The van der Waals surface area contributed by atoms with Crippen LogP contribution in [0.15, 0.2) is 24.3 Å². The first-order chi connectivity index (χ1) is 9.15. The van der Waals surface area contributed by atoms with Gasteiger partial charge < -0.3 is 5.32 Å². The average Bonchev–Trinajstić information content (AvgIpc) is 2.39. The van der Waals surface area contributed by atoms with Gasteiger partial charge in [0.2, 0.25) is 0 Å². The van der Waals surface area contributed by atoms with E-state index in [4.69, 9.17) is 0 Å². The van der Waals surface area contributed by atoms with Gasteiger partial charge in [0.15, 0.2) is 0 Å². The summed E-state index contributed by atoms with van der Waals surface area (Å²) in [5.41, 5.74) is 3.38. The molecule has 0 unspecified atom stereocenters. The highest BCUT2D eigenvalue weighted by atomic mass is 15.1. The molecule has 1 fully saturated rings. The van der Waals surface area contributed by atoms with E-state index in [0.717, 1.165) is 12.5 Å². The van der Waals surface area contributed by atoms with Gasteiger partial charge in [-0.3, -0.25) is 4.90 Å². The van der Waals surface area contributed by atoms with E-state index in [9.17, 15) is 0 Å². The number of hydrogen-bond donors (Lipinski definition) is 1. The van der Waals surface area contributed by atoms with Crippen molar-refractivity contribution in [2.75, 3.05) is 26.2 Å². The van der Waals surface area contributed by atoms with Crippen molar-refractivity contribution in [1.82, 2.24) is 10.2 Å². The fourth-order valence-corrected chi connectivity index (χ4v) is 3.82. The van der Waals surface area contributed by atoms with Crippen molar-refractivity contribution in [1.29, 1.82) is 0 Å². The van der Waals surface area contributed by atoms with Crippen LogP contribution in [0.4, 0.5) is 0 Å². The summed E-state index contributed by atoms with van der Waals surface area (Å²) in [6.07, 6.45) is 2.69. The molecule has 1 aromatic rings. The third-order valence-corrected chi connectivity index (χ3v) is 4.73. The molecule has 2 aliphatic heterocycles. The van der Waals surface area contributed by atoms with E-state index in [2.05, 4.69) is 48.3 Å². The highest BCUT2D eigenvalue weighted by Gasteiger charge is 2.32. The quantitative estimate of drug-likeness (QED) is 0.877. The normalized spacial score (nSPS) is 24.1. The molecule has 104 valence electrons. The van der Waals surface area contributed by atoms with Crippen LogP contribution in [0.25, 0.3) is 0 Å². The summed E-state index contributed by atoms with van der Waals surface area (Å²) in [5.74, 6) is 0.891. The first-order valence-electron chi connectivity index (χ1n) is 7.66. The van der Waals surface area contributed by atoms with Gasteiger partial charge in [-0.15, -0.1) is 0 Å². The number of hydrogen-bond acceptors (Lipinski definition) is 2. The third-order valence-electron chi connectivity index (χ3n) is 4.73. The molecule has 1 aromatic carbocycles. The van der Waals surface area contributed by atoms with Gasteiger partial charge in [0.25, 0.3) is 0 Å². The lowest BCUT2D eigenvalue weighted by Gasteiger charge is -2.41. The molecule has 0 aromatic heterocycles. The van der Waals surface area contributed by atoms with Gasteiger partial charge in [-0.1, -0.05) is 38.1 Å². The second-order valence-corrected chi connectivity index (χ2v) is 6.90. The highest BCUT2D eigenvalue weighted by Crippen LogP contribution is 2.33. The maximum atomic E-state index is 3.47. The van der Waals surface area contributed by atoms with Crippen molar-refractivity contribution in [2.45, 2.75) is 38.6 Å². The fraction of sp³-hybridized carbons (Fsp3) is 0.647. The van der Waals surface area contributed by atoms with Crippen LogP contribution in [0.5, 0.6) is 0 Å². The van der Waals surface area contributed by atoms with Gasteiger partial charge >= 0.3 is 0 Å². The Labute approximate surface area is 117 Å². The molecule has 2 heteroatoms. The van der Waals surface area contributed by atoms with E-state index in [1.807, 2.05) is 0 Å². The van der Waals surface area contributed by atoms with Gasteiger partial charge in [-0.25, -0.2) is 0 Å². The Kier molecular flexibility index (Phi) is 3.64. The lowest BCUT2D eigenvalue weighted by molar-refractivity contribution is 0.153. The van der Waals surface area contributed by atoms with Crippen molar-refractivity contribution < 1.29 is 0 Å². The Balaban J connectivity index is 1.72. The number of benzene rings is 1. The zero-order chi connectivity index (χ0) is 13.3. The van der Waals surface area contributed by atoms with Crippen molar-refractivity contribution in [2.24, 2.45) is 5.92 Å². The molecular weight excluding hydrogens is 232 g/mol. The second-order valence-electron chi connectivity index (χ2n) is 6.90. The molecule has 3 rings (SSSR count). The number of rotatable bonds is 2. The first kappa shape index (κ1) is 13.1. The average molecular weight is 258 g/mol. The van der Waals surface area contributed by atoms with Crippen LogP contribution in [0.2, 0.25) is 0 Å². The summed E-state index contributed by atoms with van der Waals surface area (Å²) in [7, 11) is 0. The van der Waals surface area contributed by atoms with E-state index in [-0.39, 0.29) is 0 Å². The predicted octanol–water partition coefficient (Wildman–Crippen LogP) is 2.78. The van der Waals surface area contributed by atoms with E-state index in [0.29, 0.717) is 5.41 Å². The molecule has 1 saturated heterocycles. The standard InChI is InChI=1S/C17H26N2/c1-17(2)13-19(11-14-7-9-18-10-8-14)12-15-5-3-4-6-16(15)17/h3-6,14,18H,7-13H2,1-2H3. The van der Waals surface area contributed by atoms with Gasteiger partial charge in [0, 0.05) is 25.0 Å². The predicted molar refractivity (Wildman–Crippen MR) is 80.3 cm³/mol. The minimum absolute atomic E-state index is 0.293. The SMILES string of the molecule is CC1(C)CN(CC2CCNCC2)Cc2ccccc21. The highest BCUT2D eigenvalue weighted by molar-refractivity contribution is 5.35. The molecule has 1 N–H and O–H groups in total. The van der Waals surface area contributed by atoms with Crippen LogP contribution >= 0.6 is 0 Å². The molecule has 0 amide bonds. The van der Waals surface area contributed by atoms with E-state index >= 15 is 0 Å². The molecule has 19 heavy (non-hydrogen) atoms. The van der Waals surface area contributed by atoms with Gasteiger partial charge in [-0.2, -0.15) is 0 Å². The van der Waals surface area contributed by atoms with E-state index in [1.165, 1.54) is 44.6 Å². The van der Waals surface area contributed by atoms with Gasteiger partial charge in [-0.05, 0) is 43.0 Å². The van der Waals surface area contributed by atoms with Crippen molar-refractivity contribution in [3.63, 3.8) is 0 Å². The minimum Gasteiger partial charge on any atom is -0.317 e. The monoisotopic (exact) mass is 258 g/mol. The Morgan fingerprint density at radius 3 is 2.74 bits per heavy atom. The lowest BCUT2D eigenvalue weighted by atomic mass is 9.78. The van der Waals surface area contributed by atoms with E-state index in [1.54, 1.807) is 5.56 Å². The summed E-state index contributed by atoms with van der Waals surface area (Å²) >= 11 is 0. The summed E-state index contributed by atoms with van der Waals surface area (Å²) < 4.78 is 0. The fourth-order valence-electron chi connectivity index (χ4n) is 3.82. The molecule has 2 nitrogen and oxygen atoms in total. The summed E-state index contributed by atoms with van der Waals surface area (Å²) in [5, 5.41) is 3.47. The van der Waals surface area contributed by atoms with Gasteiger partial charge in [0.05, 0.1) is 0 Å². The Morgan fingerprint density at radius 2 is 1.95 bits per heavy atom. The summed E-state index contributed by atoms with van der Waals surface area (Å²) in [6, 6.07) is 8.99. The van der Waals surface area contributed by atoms with Crippen molar-refractivity contribution >= 4 is 0 Å². The number of nitrogens with one attached hydrogen (secondary N) is 1. The molecule has 2 aliphatic rings. The Bertz CT molecular complexity index is 433. The molecule has 2 heterocycles. The number of nitrogens with zero attached hydrogens (tertiary/aromatic N) is 1. The van der Waals surface area contributed by atoms with Crippen LogP contribution in [-0.4, -0.2) is 31.1 Å². The zero-order valence-corrected chi connectivity index (χ0v) is 12.3. The molecule has 0 spiro atoms. The molecule has 0 aliphatic carbocycles. The molecule has 0 bridgehead atoms. The topological polar surface area (TPSA) is 15.3 Å². The van der Waals surface area contributed by atoms with Crippen LogP contribution in [-0.2, 0) is 12.0 Å². The summed E-state index contributed by atoms with van der Waals surface area (Å²) in [4.78, 5) is 2.68. The maximum absolute atomic E-state index is 3.47. The first-order valence-corrected chi connectivity index (χ1v) is 7.66. The molecule has 0 atom stereocenters. The maximum Gasteiger partial charge on any atom is 0.0237 e. The van der Waals surface area contributed by atoms with Gasteiger partial charge in [0.1, 0.15) is 0 Å². The summed E-state index contributed by atoms with van der Waals surface area (Å²) in [6.45, 7) is 10.8. The van der Waals surface area contributed by atoms with Crippen LogP contribution < -0.4 is 5.32 Å². The second kappa shape index (κ2) is 5.26. The van der Waals surface area contributed by atoms with Crippen LogP contribution in [0.3, 0.4) is 0 Å². The van der Waals surface area contributed by atoms with Crippen molar-refractivity contribution in [3.8, 4) is 0 Å². The lowest BCUT2D eigenvalue weighted by Crippen LogP contribution is -2.45. The number of piperidine rings is 1. The largest absolute Gasteiger partial charge is 0.317 e. The Morgan fingerprint density at radius 1 is 1.21 bits per heavy atom. The minimum atomic E-state index is 0.293.